The van der Waals surface area contributed by atoms with Gasteiger partial charge in [0.15, 0.2) is 0 Å². The average molecular weight is 237 g/mol. The normalized spacial score (nSPS) is 14.1. The molecular weight excluding hydrogens is 216 g/mol. The van der Waals surface area contributed by atoms with Crippen molar-refractivity contribution >= 4 is 9.04 Å². The van der Waals surface area contributed by atoms with Crippen molar-refractivity contribution in [2.24, 2.45) is 5.41 Å². The van der Waals surface area contributed by atoms with Crippen LogP contribution in [0.4, 0.5) is 0 Å². The van der Waals surface area contributed by atoms with Gasteiger partial charge in [0.05, 0.1) is 6.10 Å². The first-order valence-corrected chi connectivity index (χ1v) is 7.97. The lowest BCUT2D eigenvalue weighted by molar-refractivity contribution is 0.0864. The third-order valence-electron chi connectivity index (χ3n) is 2.31. The minimum atomic E-state index is -0.757. The lowest BCUT2D eigenvalue weighted by atomic mass is 9.85. The van der Waals surface area contributed by atoms with Gasteiger partial charge >= 0.3 is 0 Å². The molecule has 1 atom stereocenters. The highest BCUT2D eigenvalue weighted by atomic mass is 28.3. The molecule has 1 aromatic rings. The molecule has 0 saturated carbocycles. The van der Waals surface area contributed by atoms with E-state index in [9.17, 15) is 5.11 Å². The Morgan fingerprint density at radius 3 is 2.31 bits per heavy atom. The first-order chi connectivity index (χ1) is 7.30. The molecule has 0 bridgehead atoms. The van der Waals surface area contributed by atoms with E-state index in [1.54, 1.807) is 12.1 Å². The number of phenolic OH excluding ortho intramolecular Hbond substituents is 1. The third kappa shape index (κ3) is 3.65. The molecule has 0 amide bonds. The molecular formula is C13H21O2Si. The van der Waals surface area contributed by atoms with Gasteiger partial charge in [-0.1, -0.05) is 32.9 Å². The Bertz CT molecular complexity index is 342. The maximum absolute atomic E-state index is 9.51. The standard InChI is InChI=1S/C13H21O2Si/c1-13(2,3)12(15-16(4)5)10-7-6-8-11(14)9-10/h6-9,12,14H,1-5H3. The average Bonchev–Trinajstić information content (AvgIpc) is 2.12. The van der Waals surface area contributed by atoms with Gasteiger partial charge in [0, 0.05) is 0 Å². The molecule has 1 unspecified atom stereocenters. The van der Waals surface area contributed by atoms with Crippen molar-refractivity contribution in [3.05, 3.63) is 29.8 Å². The van der Waals surface area contributed by atoms with Gasteiger partial charge < -0.3 is 9.53 Å². The van der Waals surface area contributed by atoms with Crippen LogP contribution in [0, 0.1) is 5.41 Å². The van der Waals surface area contributed by atoms with Crippen molar-refractivity contribution in [3.8, 4) is 5.75 Å². The van der Waals surface area contributed by atoms with Crippen molar-refractivity contribution < 1.29 is 9.53 Å². The Hall–Kier alpha value is -0.803. The SMILES string of the molecule is C[Si](C)OC(c1cccc(O)c1)C(C)(C)C. The molecule has 1 N–H and O–H groups in total. The Labute approximate surface area is 100.0 Å². The van der Waals surface area contributed by atoms with Crippen LogP contribution in [-0.4, -0.2) is 14.1 Å². The quantitative estimate of drug-likeness (QED) is 0.811. The van der Waals surface area contributed by atoms with Crippen LogP contribution in [0.3, 0.4) is 0 Å². The second-order valence-electron chi connectivity index (χ2n) is 5.37. The fraction of sp³-hybridized carbons (Fsp3) is 0.538. The summed E-state index contributed by atoms with van der Waals surface area (Å²) in [6, 6.07) is 7.36. The molecule has 0 aliphatic rings. The Morgan fingerprint density at radius 1 is 1.25 bits per heavy atom. The van der Waals surface area contributed by atoms with Gasteiger partial charge in [-0.05, 0) is 36.2 Å². The van der Waals surface area contributed by atoms with Crippen molar-refractivity contribution in [1.82, 2.24) is 0 Å². The molecule has 1 aromatic carbocycles. The van der Waals surface area contributed by atoms with E-state index in [0.717, 1.165) is 5.56 Å². The van der Waals surface area contributed by atoms with Crippen molar-refractivity contribution in [2.45, 2.75) is 40.0 Å². The summed E-state index contributed by atoms with van der Waals surface area (Å²) in [6.07, 6.45) is 0.0449. The van der Waals surface area contributed by atoms with Gasteiger partial charge in [0.2, 0.25) is 9.04 Å². The molecule has 2 nitrogen and oxygen atoms in total. The Morgan fingerprint density at radius 2 is 1.88 bits per heavy atom. The van der Waals surface area contributed by atoms with Crippen LogP contribution in [0.15, 0.2) is 24.3 Å². The molecule has 0 spiro atoms. The maximum atomic E-state index is 9.51. The number of hydrogen-bond donors (Lipinski definition) is 1. The highest BCUT2D eigenvalue weighted by Crippen LogP contribution is 2.37. The van der Waals surface area contributed by atoms with E-state index >= 15 is 0 Å². The van der Waals surface area contributed by atoms with Gasteiger partial charge in [0.1, 0.15) is 5.75 Å². The summed E-state index contributed by atoms with van der Waals surface area (Å²) < 4.78 is 6.05. The number of benzene rings is 1. The molecule has 0 aliphatic carbocycles. The fourth-order valence-corrected chi connectivity index (χ4v) is 2.63. The predicted octanol–water partition coefficient (Wildman–Crippen LogP) is 3.75. The van der Waals surface area contributed by atoms with E-state index in [0.29, 0.717) is 5.75 Å². The first-order valence-electron chi connectivity index (χ1n) is 5.56. The molecule has 0 heterocycles. The molecule has 1 radical (unpaired) electrons. The van der Waals surface area contributed by atoms with Crippen LogP contribution in [-0.2, 0) is 4.43 Å². The third-order valence-corrected chi connectivity index (χ3v) is 3.02. The van der Waals surface area contributed by atoms with Gasteiger partial charge in [0.25, 0.3) is 0 Å². The number of hydrogen-bond acceptors (Lipinski definition) is 2. The van der Waals surface area contributed by atoms with Crippen molar-refractivity contribution in [1.29, 1.82) is 0 Å². The van der Waals surface area contributed by atoms with E-state index < -0.39 is 9.04 Å². The lowest BCUT2D eigenvalue weighted by Crippen LogP contribution is -2.25. The van der Waals surface area contributed by atoms with Gasteiger partial charge in [-0.3, -0.25) is 0 Å². The van der Waals surface area contributed by atoms with Crippen molar-refractivity contribution in [3.63, 3.8) is 0 Å². The molecule has 89 valence electrons. The molecule has 0 aromatic heterocycles. The van der Waals surface area contributed by atoms with Gasteiger partial charge in [-0.15, -0.1) is 0 Å². The monoisotopic (exact) mass is 237 g/mol. The zero-order chi connectivity index (χ0) is 12.3. The first kappa shape index (κ1) is 13.3. The summed E-state index contributed by atoms with van der Waals surface area (Å²) >= 11 is 0. The molecule has 3 heteroatoms. The molecule has 16 heavy (non-hydrogen) atoms. The largest absolute Gasteiger partial charge is 0.508 e. The highest BCUT2D eigenvalue weighted by Gasteiger charge is 2.28. The second-order valence-corrected chi connectivity index (χ2v) is 7.42. The smallest absolute Gasteiger partial charge is 0.205 e. The van der Waals surface area contributed by atoms with Crippen molar-refractivity contribution in [2.75, 3.05) is 0 Å². The molecule has 0 saturated heterocycles. The van der Waals surface area contributed by atoms with E-state index in [4.69, 9.17) is 4.43 Å². The summed E-state index contributed by atoms with van der Waals surface area (Å²) in [7, 11) is -0.757. The van der Waals surface area contributed by atoms with Gasteiger partial charge in [-0.25, -0.2) is 0 Å². The van der Waals surface area contributed by atoms with Gasteiger partial charge in [-0.2, -0.15) is 0 Å². The van der Waals surface area contributed by atoms with Crippen LogP contribution in [0.2, 0.25) is 13.1 Å². The van der Waals surface area contributed by atoms with E-state index in [1.807, 2.05) is 12.1 Å². The second kappa shape index (κ2) is 5.02. The van der Waals surface area contributed by atoms with E-state index in [-0.39, 0.29) is 11.5 Å². The summed E-state index contributed by atoms with van der Waals surface area (Å²) in [5.41, 5.74) is 1.09. The van der Waals surface area contributed by atoms with E-state index in [2.05, 4.69) is 33.9 Å². The molecule has 0 aliphatic heterocycles. The zero-order valence-corrected chi connectivity index (χ0v) is 11.7. The zero-order valence-electron chi connectivity index (χ0n) is 10.7. The van der Waals surface area contributed by atoms with Crippen LogP contribution in [0.5, 0.6) is 5.75 Å². The van der Waals surface area contributed by atoms with E-state index in [1.165, 1.54) is 0 Å². The summed E-state index contributed by atoms with van der Waals surface area (Å²) in [6.45, 7) is 10.7. The van der Waals surface area contributed by atoms with Crippen LogP contribution >= 0.6 is 0 Å². The van der Waals surface area contributed by atoms with Crippen LogP contribution in [0.25, 0.3) is 0 Å². The minimum Gasteiger partial charge on any atom is -0.508 e. The Balaban J connectivity index is 3.01. The van der Waals surface area contributed by atoms with Crippen LogP contribution < -0.4 is 0 Å². The predicted molar refractivity (Wildman–Crippen MR) is 68.9 cm³/mol. The lowest BCUT2D eigenvalue weighted by Gasteiger charge is -2.32. The number of rotatable bonds is 3. The highest BCUT2D eigenvalue weighted by molar-refractivity contribution is 6.48. The molecule has 1 rings (SSSR count). The molecule has 0 fully saturated rings. The number of phenols is 1. The summed E-state index contributed by atoms with van der Waals surface area (Å²) in [5.74, 6) is 0.302. The number of aromatic hydroxyl groups is 1. The minimum absolute atomic E-state index is 0.0374. The summed E-state index contributed by atoms with van der Waals surface area (Å²) in [4.78, 5) is 0. The Kier molecular flexibility index (Phi) is 4.16. The fourth-order valence-electron chi connectivity index (χ4n) is 1.67. The topological polar surface area (TPSA) is 29.5 Å². The maximum Gasteiger partial charge on any atom is 0.205 e. The van der Waals surface area contributed by atoms with Crippen LogP contribution in [0.1, 0.15) is 32.4 Å². The summed E-state index contributed by atoms with van der Waals surface area (Å²) in [5, 5.41) is 9.51.